The van der Waals surface area contributed by atoms with Crippen LogP contribution in [0.4, 0.5) is 0 Å². The van der Waals surface area contributed by atoms with Crippen molar-refractivity contribution in [3.8, 4) is 5.75 Å². The summed E-state index contributed by atoms with van der Waals surface area (Å²) in [7, 11) is 1.74. The van der Waals surface area contributed by atoms with Gasteiger partial charge in [-0.05, 0) is 119 Å². The van der Waals surface area contributed by atoms with Crippen molar-refractivity contribution in [1.29, 1.82) is 0 Å². The summed E-state index contributed by atoms with van der Waals surface area (Å²) in [5, 5.41) is 68.3. The molecule has 15 atom stereocenters. The van der Waals surface area contributed by atoms with Gasteiger partial charge < -0.3 is 128 Å². The minimum atomic E-state index is -1.85. The van der Waals surface area contributed by atoms with E-state index in [4.69, 9.17) is 22.9 Å². The number of imidazole rings is 2. The minimum Gasteiger partial charge on any atom is -0.508 e. The Kier molecular flexibility index (Phi) is 45.9. The highest BCUT2D eigenvalue weighted by atomic mass is 33.1. The molecule has 4 rings (SSSR count). The van der Waals surface area contributed by atoms with Gasteiger partial charge >= 0.3 is 5.97 Å². The Morgan fingerprint density at radius 3 is 1.65 bits per heavy atom. The first-order valence-electron chi connectivity index (χ1n) is 39.7. The zero-order valence-corrected chi connectivity index (χ0v) is 71.5. The molecule has 1 fully saturated rings. The number of aliphatic hydroxyl groups is 1. The van der Waals surface area contributed by atoms with Gasteiger partial charge in [-0.2, -0.15) is 11.8 Å². The van der Waals surface area contributed by atoms with Gasteiger partial charge in [0, 0.05) is 56.5 Å². The van der Waals surface area contributed by atoms with Crippen LogP contribution in [-0.4, -0.2) is 276 Å². The van der Waals surface area contributed by atoms with Gasteiger partial charge in [-0.1, -0.05) is 67.8 Å². The fourth-order valence-corrected chi connectivity index (χ4v) is 14.9. The van der Waals surface area contributed by atoms with Gasteiger partial charge in [0.15, 0.2) is 0 Å². The molecule has 122 heavy (non-hydrogen) atoms. The number of aromatic amines is 2. The van der Waals surface area contributed by atoms with Gasteiger partial charge in [0.1, 0.15) is 84.3 Å². The summed E-state index contributed by atoms with van der Waals surface area (Å²) in [6.45, 7) is 7.68. The Morgan fingerprint density at radius 2 is 1.11 bits per heavy atom. The van der Waals surface area contributed by atoms with Crippen molar-refractivity contribution in [3.05, 3.63) is 66.3 Å². The van der Waals surface area contributed by atoms with Crippen LogP contribution in [0.25, 0.3) is 0 Å². The summed E-state index contributed by atoms with van der Waals surface area (Å²) >= 11 is 1.35. The summed E-state index contributed by atoms with van der Waals surface area (Å²) in [4.78, 5) is 261. The van der Waals surface area contributed by atoms with Crippen molar-refractivity contribution in [2.75, 3.05) is 49.7 Å². The number of amides is 17. The quantitative estimate of drug-likeness (QED) is 0.0185. The summed E-state index contributed by atoms with van der Waals surface area (Å²) in [6, 6.07) is -14.1. The van der Waals surface area contributed by atoms with Gasteiger partial charge in [0.05, 0.1) is 49.7 Å². The van der Waals surface area contributed by atoms with E-state index < -0.39 is 229 Å². The second kappa shape index (κ2) is 54.3. The first-order valence-corrected chi connectivity index (χ1v) is 43.5. The van der Waals surface area contributed by atoms with E-state index in [1.165, 1.54) is 61.1 Å². The van der Waals surface area contributed by atoms with Crippen LogP contribution in [0.1, 0.15) is 136 Å². The molecule has 1 aliphatic heterocycles. The number of aromatic nitrogens is 4. The van der Waals surface area contributed by atoms with E-state index in [0.29, 0.717) is 37.1 Å². The van der Waals surface area contributed by atoms with Gasteiger partial charge in [-0.25, -0.2) is 9.97 Å². The third kappa shape index (κ3) is 37.9. The number of benzene rings is 1. The summed E-state index contributed by atoms with van der Waals surface area (Å²) < 4.78 is 0. The normalized spacial score (nSPS) is 17.4. The minimum absolute atomic E-state index is 0.0633. The molecule has 3 heterocycles. The number of hydrogen-bond acceptors (Lipinski definition) is 27. The van der Waals surface area contributed by atoms with Gasteiger partial charge in [0.25, 0.3) is 0 Å². The molecule has 17 amide bonds. The highest BCUT2D eigenvalue weighted by Crippen LogP contribution is 2.25. The second-order valence-corrected chi connectivity index (χ2v) is 33.0. The van der Waals surface area contributed by atoms with Crippen LogP contribution in [-0.2, 0) is 106 Å². The molecule has 0 radical (unpaired) electrons. The second-order valence-electron chi connectivity index (χ2n) is 29.5. The third-order valence-corrected chi connectivity index (χ3v) is 22.0. The van der Waals surface area contributed by atoms with Gasteiger partial charge in [0.2, 0.25) is 100 Å². The molecule has 47 heteroatoms. The molecule has 0 spiro atoms. The number of nitrogens with one attached hydrogen (secondary N) is 17. The number of carbonyl (C=O) groups excluding carboxylic acids is 17. The van der Waals surface area contributed by atoms with Crippen molar-refractivity contribution in [2.24, 2.45) is 34.8 Å². The first-order chi connectivity index (χ1) is 57.9. The lowest BCUT2D eigenvalue weighted by molar-refractivity contribution is -0.141. The van der Waals surface area contributed by atoms with E-state index in [2.05, 4.69) is 99.7 Å². The molecule has 1 saturated heterocycles. The number of aliphatic hydroxyl groups excluding tert-OH is 1. The van der Waals surface area contributed by atoms with Crippen LogP contribution in [0.3, 0.4) is 0 Å². The van der Waals surface area contributed by atoms with Gasteiger partial charge in [-0.15, -0.1) is 0 Å². The molecule has 2 aromatic heterocycles. The number of carboxylic acid groups (broad SMARTS) is 1. The molecule has 0 bridgehead atoms. The number of carbonyl (C=O) groups is 18. The van der Waals surface area contributed by atoms with E-state index in [9.17, 15) is 92.0 Å². The number of thioether (sulfide) groups is 1. The molecule has 28 N–H and O–H groups in total. The maximum Gasteiger partial charge on any atom is 0.305 e. The molecule has 676 valence electrons. The molecule has 0 aliphatic carbocycles. The number of aromatic hydroxyl groups is 1. The topological polar surface area (TPSA) is 710 Å². The number of phenols is 1. The maximum absolute atomic E-state index is 15.0. The number of primary amides is 2. The number of hydrogen-bond donors (Lipinski definition) is 24. The summed E-state index contributed by atoms with van der Waals surface area (Å²) in [5.41, 5.74) is 23.4. The van der Waals surface area contributed by atoms with E-state index in [0.717, 1.165) is 35.4 Å². The highest BCUT2D eigenvalue weighted by molar-refractivity contribution is 8.76. The molecular weight excluding hydrogens is 1660 g/mol. The number of nitrogens with two attached hydrogens (primary N) is 4. The largest absolute Gasteiger partial charge is 0.508 e. The van der Waals surface area contributed by atoms with Crippen molar-refractivity contribution in [2.45, 2.75) is 223 Å². The smallest absolute Gasteiger partial charge is 0.305 e. The molecule has 44 nitrogen and oxygen atoms in total. The first kappa shape index (κ1) is 103. The predicted molar refractivity (Wildman–Crippen MR) is 447 cm³/mol. The van der Waals surface area contributed by atoms with Crippen LogP contribution < -0.4 is 103 Å². The Bertz CT molecular complexity index is 3980. The average molecular weight is 1770 g/mol. The van der Waals surface area contributed by atoms with E-state index in [-0.39, 0.29) is 99.6 Å². The molecule has 0 saturated carbocycles. The van der Waals surface area contributed by atoms with E-state index in [1.54, 1.807) is 34.0 Å². The lowest BCUT2D eigenvalue weighted by Gasteiger charge is -2.29. The molecule has 0 unspecified atom stereocenters. The molecule has 1 aromatic carbocycles. The lowest BCUT2D eigenvalue weighted by Crippen LogP contribution is -2.62. The van der Waals surface area contributed by atoms with Crippen LogP contribution in [0.15, 0.2) is 49.3 Å². The zero-order valence-electron chi connectivity index (χ0n) is 69.0. The van der Waals surface area contributed by atoms with Crippen molar-refractivity contribution >= 4 is 140 Å². The monoisotopic (exact) mass is 1770 g/mol. The van der Waals surface area contributed by atoms with E-state index >= 15 is 9.59 Å². The van der Waals surface area contributed by atoms with Crippen molar-refractivity contribution in [3.63, 3.8) is 0 Å². The Morgan fingerprint density at radius 1 is 0.590 bits per heavy atom. The van der Waals surface area contributed by atoms with Crippen LogP contribution in [0, 0.1) is 11.8 Å². The summed E-state index contributed by atoms with van der Waals surface area (Å²) in [6.07, 6.45) is 4.73. The SMILES string of the molecule is CC[C@H](C)[C@H](NC(=O)[C@H](CC(=O)O)NC(C)=O)C(=O)N[C@H](C(=O)N[C@H]1CSSC[C@@H](C(=O)N[C@@H](Cc2c[nH]cn2)C(=O)N[C@@H](CCCCN)C(=O)N[C@@H](CC(C)C)C(=O)N[C@@H](Cc2c[nH]cn2)C(=O)NCC(=O)N[C@@H](CCC(N)=O)C(=O)N[C@@H](CCSC)C(=O)N[C@@H](CCCCN)C(N)=O)NC(=O)[C@H](Cc2ccc(O)cc2)NC(=O)CNC1=O)[C@@H](C)O. The Hall–Kier alpha value is -11.2. The number of phenolic OH excluding ortho intramolecular Hbond substituents is 1. The highest BCUT2D eigenvalue weighted by Gasteiger charge is 2.40. The lowest BCUT2D eigenvalue weighted by atomic mass is 9.97. The maximum atomic E-state index is 15.0. The van der Waals surface area contributed by atoms with Crippen molar-refractivity contribution < 1.29 is 102 Å². The van der Waals surface area contributed by atoms with Crippen LogP contribution in [0.5, 0.6) is 5.75 Å². The number of carboxylic acids is 1. The molecule has 1 aliphatic rings. The number of unbranched alkanes of at least 4 members (excludes halogenated alkanes) is 2. The summed E-state index contributed by atoms with van der Waals surface area (Å²) in [5.74, 6) is -19.0. The van der Waals surface area contributed by atoms with Crippen LogP contribution >= 0.6 is 33.3 Å². The molecular formula is C75H117N23O21S3. The number of H-pyrrole nitrogens is 2. The van der Waals surface area contributed by atoms with Crippen molar-refractivity contribution in [1.82, 2.24) is 99.7 Å². The Balaban J connectivity index is 1.64. The Labute approximate surface area is 716 Å². The number of nitrogens with zero attached hydrogens (tertiary/aromatic N) is 2. The fourth-order valence-electron chi connectivity index (χ4n) is 12.1. The van der Waals surface area contributed by atoms with Crippen LogP contribution in [0.2, 0.25) is 0 Å². The average Bonchev–Trinajstić information content (AvgIpc) is 0.986. The predicted octanol–water partition coefficient (Wildman–Crippen LogP) is -6.47. The fraction of sp³-hybridized carbons (Fsp3) is 0.600. The zero-order chi connectivity index (χ0) is 90.7. The third-order valence-electron chi connectivity index (χ3n) is 18.9. The van der Waals surface area contributed by atoms with Gasteiger partial charge in [-0.3, -0.25) is 86.3 Å². The number of aliphatic carboxylic acids is 1. The molecule has 3 aromatic rings. The standard InChI is InChI=1S/C75H117N23O21S3/c1-8-39(4)61(97-72(116)54(29-60(105)106)86-41(6)100)74(118)98-62(40(5)99)75(119)96-55-34-121-122-35-56(95-70(114)51(88-59(104)33-83-65(55)109)26-42-15-17-45(101)18-16-42)73(117)94-53(28-44-31-81-37-85-44)71(115)90-47(14-10-12-23-77)66(110)92-50(25-38(2)3)69(113)93-52(27-43-30-80-36-84-43)64(108)82-32-58(103)87-48(19-20-57(78)102)67(111)91-49(21-24-120-7)68(112)89-46(63(79)107)13-9-11-22-76/h15-18,30-31,36-40,46-56,61-62,99,101H,8-14,19-29,32-35,76-77H2,1-7H3,(H2,78,102)(H2,79,107)(H,80,84)(H,81,85)(H,82,108)(H,83,109)(H,86,100)(H,87,103)(H,88,104)(H,89,112)(H,90,115)(H,91,111)(H,92,110)(H,93,113)(H,94,117)(H,95,114)(H,96,119)(H,97,116)(H,98,118)(H,105,106)/t39-,40+,46-,47-,48-,49-,50-,51-,52-,53-,54-,55-,56-,61-,62-/m0/s1. The van der Waals surface area contributed by atoms with E-state index in [1.807, 2.05) is 0 Å². The number of rotatable bonds is 51.